The second kappa shape index (κ2) is 5.48. The lowest BCUT2D eigenvalue weighted by Crippen LogP contribution is -2.50. The minimum absolute atomic E-state index is 0.0194. The van der Waals surface area contributed by atoms with Crippen LogP contribution in [0.2, 0.25) is 0 Å². The Morgan fingerprint density at radius 2 is 2.16 bits per heavy atom. The van der Waals surface area contributed by atoms with Crippen molar-refractivity contribution in [2.45, 2.75) is 37.9 Å². The molecule has 1 amide bonds. The van der Waals surface area contributed by atoms with Crippen LogP contribution in [0.1, 0.15) is 32.6 Å². The molecule has 2 unspecified atom stereocenters. The monoisotopic (exact) mass is 288 g/mol. The summed E-state index contributed by atoms with van der Waals surface area (Å²) in [6.07, 6.45) is 2.40. The number of hydrogen-bond donors (Lipinski definition) is 1. The summed E-state index contributed by atoms with van der Waals surface area (Å²) in [5.41, 5.74) is 0.676. The van der Waals surface area contributed by atoms with Crippen LogP contribution in [-0.2, 0) is 14.6 Å². The number of piperidine rings is 1. The van der Waals surface area contributed by atoms with E-state index in [1.54, 1.807) is 4.90 Å². The second-order valence-corrected chi connectivity index (χ2v) is 7.68. The first-order valence-electron chi connectivity index (χ1n) is 6.67. The summed E-state index contributed by atoms with van der Waals surface area (Å²) in [5, 5.41) is 11.2. The van der Waals surface area contributed by atoms with Gasteiger partial charge in [0.15, 0.2) is 9.84 Å². The van der Waals surface area contributed by atoms with E-state index in [2.05, 4.69) is 5.16 Å². The summed E-state index contributed by atoms with van der Waals surface area (Å²) < 4.78 is 23.9. The van der Waals surface area contributed by atoms with Crippen molar-refractivity contribution >= 4 is 21.5 Å². The third kappa shape index (κ3) is 2.91. The molecule has 0 bridgehead atoms. The molecule has 19 heavy (non-hydrogen) atoms. The Labute approximate surface area is 113 Å². The van der Waals surface area contributed by atoms with Gasteiger partial charge in [-0.2, -0.15) is 0 Å². The zero-order chi connectivity index (χ0) is 14.0. The topological polar surface area (TPSA) is 87.0 Å². The fraction of sp³-hybridized carbons (Fsp3) is 0.833. The van der Waals surface area contributed by atoms with E-state index in [1.807, 2.05) is 6.92 Å². The first-order chi connectivity index (χ1) is 8.95. The highest BCUT2D eigenvalue weighted by molar-refractivity contribution is 7.92. The van der Waals surface area contributed by atoms with Gasteiger partial charge in [0.25, 0.3) is 0 Å². The molecule has 2 saturated heterocycles. The van der Waals surface area contributed by atoms with Crippen LogP contribution in [0.3, 0.4) is 0 Å². The molecule has 7 heteroatoms. The minimum atomic E-state index is -3.28. The van der Waals surface area contributed by atoms with Gasteiger partial charge in [-0.1, -0.05) is 18.5 Å². The van der Waals surface area contributed by atoms with Crippen molar-refractivity contribution in [1.29, 1.82) is 0 Å². The lowest BCUT2D eigenvalue weighted by Gasteiger charge is -2.34. The zero-order valence-electron chi connectivity index (χ0n) is 11.1. The van der Waals surface area contributed by atoms with Gasteiger partial charge in [-0.05, 0) is 12.8 Å². The van der Waals surface area contributed by atoms with Gasteiger partial charge in [0.2, 0.25) is 5.91 Å². The number of sulfone groups is 1. The van der Waals surface area contributed by atoms with E-state index in [0.717, 1.165) is 6.42 Å². The molecule has 2 atom stereocenters. The highest BCUT2D eigenvalue weighted by Gasteiger charge is 2.39. The first kappa shape index (κ1) is 14.3. The number of carbonyl (C=O) groups excluding carboxylic acids is 1. The molecule has 6 nitrogen and oxygen atoms in total. The molecule has 2 aliphatic heterocycles. The van der Waals surface area contributed by atoms with Gasteiger partial charge >= 0.3 is 0 Å². The maximum Gasteiger partial charge on any atom is 0.240 e. The molecule has 2 aliphatic rings. The molecule has 0 aromatic heterocycles. The molecule has 0 aliphatic carbocycles. The van der Waals surface area contributed by atoms with Crippen molar-refractivity contribution in [3.05, 3.63) is 0 Å². The van der Waals surface area contributed by atoms with E-state index in [-0.39, 0.29) is 17.6 Å². The Morgan fingerprint density at radius 1 is 1.42 bits per heavy atom. The van der Waals surface area contributed by atoms with E-state index in [4.69, 9.17) is 5.21 Å². The number of nitrogens with zero attached hydrogens (tertiary/aromatic N) is 2. The Hall–Kier alpha value is -1.11. The van der Waals surface area contributed by atoms with Gasteiger partial charge in [-0.15, -0.1) is 0 Å². The molecule has 0 saturated carbocycles. The number of hydrogen-bond acceptors (Lipinski definition) is 5. The molecule has 2 fully saturated rings. The molecular formula is C12H20N2O4S. The predicted octanol–water partition coefficient (Wildman–Crippen LogP) is 0.652. The van der Waals surface area contributed by atoms with Crippen molar-refractivity contribution in [3.8, 4) is 0 Å². The number of oxime groups is 1. The summed E-state index contributed by atoms with van der Waals surface area (Å²) in [5.74, 6) is -0.173. The minimum Gasteiger partial charge on any atom is -0.411 e. The number of amides is 1. The van der Waals surface area contributed by atoms with E-state index in [9.17, 15) is 13.2 Å². The summed E-state index contributed by atoms with van der Waals surface area (Å²) in [6, 6.07) is 0. The summed E-state index contributed by atoms with van der Waals surface area (Å²) in [7, 11) is -3.28. The van der Waals surface area contributed by atoms with Gasteiger partial charge in [0.05, 0.1) is 11.5 Å². The summed E-state index contributed by atoms with van der Waals surface area (Å²) in [4.78, 5) is 14.0. The van der Waals surface area contributed by atoms with E-state index >= 15 is 0 Å². The SMILES string of the molecule is CC1CN(C(=O)C2CCCCS2(=O)=O)CCC1=NO. The molecule has 2 rings (SSSR count). The Bertz CT molecular complexity index is 486. The maximum atomic E-state index is 12.4. The van der Waals surface area contributed by atoms with E-state index in [0.29, 0.717) is 38.1 Å². The van der Waals surface area contributed by atoms with Crippen LogP contribution in [0.5, 0.6) is 0 Å². The molecule has 0 spiro atoms. The fourth-order valence-electron chi connectivity index (χ4n) is 2.81. The van der Waals surface area contributed by atoms with Crippen LogP contribution in [0, 0.1) is 5.92 Å². The normalized spacial score (nSPS) is 33.3. The third-order valence-electron chi connectivity index (χ3n) is 4.00. The Balaban J connectivity index is 2.08. The van der Waals surface area contributed by atoms with E-state index in [1.165, 1.54) is 0 Å². The summed E-state index contributed by atoms with van der Waals surface area (Å²) >= 11 is 0. The Kier molecular flexibility index (Phi) is 4.13. The van der Waals surface area contributed by atoms with E-state index < -0.39 is 15.1 Å². The molecule has 0 radical (unpaired) electrons. The molecule has 1 N–H and O–H groups in total. The first-order valence-corrected chi connectivity index (χ1v) is 8.38. The maximum absolute atomic E-state index is 12.4. The summed E-state index contributed by atoms with van der Waals surface area (Å²) in [6.45, 7) is 2.75. The van der Waals surface area contributed by atoms with Crippen molar-refractivity contribution < 1.29 is 18.4 Å². The van der Waals surface area contributed by atoms with Crippen LogP contribution in [0.4, 0.5) is 0 Å². The van der Waals surface area contributed by atoms with Gasteiger partial charge in [0.1, 0.15) is 5.25 Å². The highest BCUT2D eigenvalue weighted by Crippen LogP contribution is 2.23. The smallest absolute Gasteiger partial charge is 0.240 e. The third-order valence-corrected chi connectivity index (χ3v) is 6.16. The highest BCUT2D eigenvalue weighted by atomic mass is 32.2. The van der Waals surface area contributed by atoms with Crippen LogP contribution in [-0.4, -0.2) is 54.2 Å². The standard InChI is InChI=1S/C12H20N2O4S/c1-9-8-14(6-5-10(9)13-16)12(15)11-4-2-3-7-19(11,17)18/h9,11,16H,2-8H2,1H3. The molecule has 2 heterocycles. The van der Waals surface area contributed by atoms with Crippen LogP contribution in [0.25, 0.3) is 0 Å². The van der Waals surface area contributed by atoms with Gasteiger partial charge in [-0.25, -0.2) is 8.42 Å². The zero-order valence-corrected chi connectivity index (χ0v) is 11.9. The number of rotatable bonds is 1. The van der Waals surface area contributed by atoms with Gasteiger partial charge < -0.3 is 10.1 Å². The van der Waals surface area contributed by atoms with Gasteiger partial charge in [0, 0.05) is 25.4 Å². The van der Waals surface area contributed by atoms with Crippen LogP contribution in [0.15, 0.2) is 5.16 Å². The average Bonchev–Trinajstić information content (AvgIpc) is 2.37. The quantitative estimate of drug-likeness (QED) is 0.567. The van der Waals surface area contributed by atoms with Crippen LogP contribution < -0.4 is 0 Å². The molecular weight excluding hydrogens is 268 g/mol. The average molecular weight is 288 g/mol. The molecule has 0 aromatic carbocycles. The Morgan fingerprint density at radius 3 is 2.74 bits per heavy atom. The predicted molar refractivity (Wildman–Crippen MR) is 71.0 cm³/mol. The van der Waals surface area contributed by atoms with Crippen molar-refractivity contribution in [1.82, 2.24) is 4.90 Å². The molecule has 108 valence electrons. The van der Waals surface area contributed by atoms with Gasteiger partial charge in [-0.3, -0.25) is 4.79 Å². The van der Waals surface area contributed by atoms with Crippen molar-refractivity contribution in [2.75, 3.05) is 18.8 Å². The van der Waals surface area contributed by atoms with Crippen molar-refractivity contribution in [2.24, 2.45) is 11.1 Å². The molecule has 0 aromatic rings. The number of likely N-dealkylation sites (tertiary alicyclic amines) is 1. The lowest BCUT2D eigenvalue weighted by atomic mass is 9.97. The lowest BCUT2D eigenvalue weighted by molar-refractivity contribution is -0.131. The van der Waals surface area contributed by atoms with Crippen molar-refractivity contribution in [3.63, 3.8) is 0 Å². The number of carbonyl (C=O) groups is 1. The largest absolute Gasteiger partial charge is 0.411 e. The fourth-order valence-corrected chi connectivity index (χ4v) is 4.68. The second-order valence-electron chi connectivity index (χ2n) is 5.38. The van der Waals surface area contributed by atoms with Crippen LogP contribution >= 0.6 is 0 Å².